The predicted molar refractivity (Wildman–Crippen MR) is 39.3 cm³/mol. The van der Waals surface area contributed by atoms with E-state index in [0.29, 0.717) is 6.07 Å². The van der Waals surface area contributed by atoms with Crippen molar-refractivity contribution in [1.29, 1.82) is 0 Å². The number of carbonyl (C=O) groups excluding carboxylic acids is 1. The molecule has 0 saturated heterocycles. The number of pyridine rings is 1. The van der Waals surface area contributed by atoms with E-state index < -0.39 is 34.7 Å². The largest absolute Gasteiger partial charge is 0.281 e. The topological polar surface area (TPSA) is 30.0 Å². The van der Waals surface area contributed by atoms with E-state index in [4.69, 9.17) is 11.6 Å². The smallest absolute Gasteiger partial charge is 0.276 e. The predicted octanol–water partition coefficient (Wildman–Crippen LogP) is 2.68. The van der Waals surface area contributed by atoms with E-state index in [2.05, 4.69) is 4.98 Å². The summed E-state index contributed by atoms with van der Waals surface area (Å²) in [7, 11) is 0. The Morgan fingerprint density at radius 1 is 1.43 bits per heavy atom. The molecule has 1 heterocycles. The van der Waals surface area contributed by atoms with Crippen molar-refractivity contribution in [2.24, 2.45) is 0 Å². The number of hydrogen-bond acceptors (Lipinski definition) is 2. The van der Waals surface area contributed by atoms with Crippen molar-refractivity contribution in [2.75, 3.05) is 0 Å². The molecule has 7 heteroatoms. The maximum atomic E-state index is 12.5. The van der Waals surface area contributed by atoms with Gasteiger partial charge in [0.2, 0.25) is 5.95 Å². The number of aromatic nitrogens is 1. The van der Waals surface area contributed by atoms with Crippen molar-refractivity contribution in [2.45, 2.75) is 6.43 Å². The first kappa shape index (κ1) is 10.9. The summed E-state index contributed by atoms with van der Waals surface area (Å²) in [4.78, 5) is 13.1. The highest BCUT2D eigenvalue weighted by Crippen LogP contribution is 2.23. The van der Waals surface area contributed by atoms with Gasteiger partial charge < -0.3 is 0 Å². The van der Waals surface area contributed by atoms with Gasteiger partial charge in [-0.3, -0.25) is 4.79 Å². The molecule has 1 rings (SSSR count). The minimum absolute atomic E-state index is 0.291. The lowest BCUT2D eigenvalue weighted by molar-refractivity contribution is 0.106. The SMILES string of the molecule is O=C(Cl)c1cc(F)c(F)nc1C(F)F. The molecule has 0 amide bonds. The molecule has 0 saturated carbocycles. The maximum absolute atomic E-state index is 12.5. The maximum Gasteiger partial charge on any atom is 0.281 e. The molecular formula is C7H2ClF4NO. The molecule has 1 aromatic heterocycles. The average Bonchev–Trinajstić information content (AvgIpc) is 2.08. The van der Waals surface area contributed by atoms with Crippen LogP contribution in [0, 0.1) is 11.8 Å². The summed E-state index contributed by atoms with van der Waals surface area (Å²) in [6.45, 7) is 0. The zero-order valence-corrected chi connectivity index (χ0v) is 7.16. The van der Waals surface area contributed by atoms with Crippen molar-refractivity contribution in [1.82, 2.24) is 4.98 Å². The fourth-order valence-electron chi connectivity index (χ4n) is 0.803. The molecule has 0 bridgehead atoms. The van der Waals surface area contributed by atoms with Gasteiger partial charge in [-0.15, -0.1) is 0 Å². The third kappa shape index (κ3) is 2.01. The highest BCUT2D eigenvalue weighted by Gasteiger charge is 2.22. The molecule has 14 heavy (non-hydrogen) atoms. The van der Waals surface area contributed by atoms with Gasteiger partial charge in [0.15, 0.2) is 5.82 Å². The van der Waals surface area contributed by atoms with Gasteiger partial charge in [0.1, 0.15) is 5.69 Å². The zero-order chi connectivity index (χ0) is 10.9. The molecule has 76 valence electrons. The molecule has 1 aromatic rings. The van der Waals surface area contributed by atoms with E-state index in [1.807, 2.05) is 0 Å². The van der Waals surface area contributed by atoms with Crippen LogP contribution in [-0.2, 0) is 0 Å². The number of halogens is 5. The van der Waals surface area contributed by atoms with E-state index in [1.165, 1.54) is 0 Å². The molecule has 0 aliphatic rings. The summed E-state index contributed by atoms with van der Waals surface area (Å²) < 4.78 is 49.2. The summed E-state index contributed by atoms with van der Waals surface area (Å²) in [5.74, 6) is -3.19. The first-order valence-corrected chi connectivity index (χ1v) is 3.65. The number of carbonyl (C=O) groups is 1. The van der Waals surface area contributed by atoms with Gasteiger partial charge in [-0.05, 0) is 17.7 Å². The van der Waals surface area contributed by atoms with Gasteiger partial charge in [0.05, 0.1) is 5.56 Å². The minimum atomic E-state index is -3.19. The normalized spacial score (nSPS) is 10.7. The van der Waals surface area contributed by atoms with Crippen LogP contribution in [0.15, 0.2) is 6.07 Å². The van der Waals surface area contributed by atoms with Gasteiger partial charge in [-0.25, -0.2) is 18.2 Å². The molecule has 0 unspecified atom stereocenters. The highest BCUT2D eigenvalue weighted by molar-refractivity contribution is 6.67. The standard InChI is InChI=1S/C7H2ClF4NO/c8-5(14)2-1-3(9)7(12)13-4(2)6(10)11/h1,6H. The molecule has 0 spiro atoms. The minimum Gasteiger partial charge on any atom is -0.276 e. The van der Waals surface area contributed by atoms with Crippen LogP contribution >= 0.6 is 11.6 Å². The van der Waals surface area contributed by atoms with Crippen molar-refractivity contribution in [3.05, 3.63) is 29.1 Å². The van der Waals surface area contributed by atoms with E-state index in [1.54, 1.807) is 0 Å². The van der Waals surface area contributed by atoms with Crippen molar-refractivity contribution in [3.63, 3.8) is 0 Å². The Morgan fingerprint density at radius 3 is 2.43 bits per heavy atom. The summed E-state index contributed by atoms with van der Waals surface area (Å²) >= 11 is 4.88. The molecular weight excluding hydrogens is 226 g/mol. The van der Waals surface area contributed by atoms with Crippen LogP contribution < -0.4 is 0 Å². The van der Waals surface area contributed by atoms with Gasteiger partial charge in [-0.1, -0.05) is 0 Å². The van der Waals surface area contributed by atoms with Gasteiger partial charge in [0, 0.05) is 0 Å². The Hall–Kier alpha value is -1.17. The Labute approximate surface area is 80.5 Å². The quantitative estimate of drug-likeness (QED) is 0.442. The van der Waals surface area contributed by atoms with Crippen LogP contribution in [0.2, 0.25) is 0 Å². The molecule has 0 atom stereocenters. The summed E-state index contributed by atoms with van der Waals surface area (Å²) in [5, 5.41) is -1.31. The first-order valence-electron chi connectivity index (χ1n) is 3.27. The number of alkyl halides is 2. The van der Waals surface area contributed by atoms with Gasteiger partial charge >= 0.3 is 0 Å². The zero-order valence-electron chi connectivity index (χ0n) is 6.40. The van der Waals surface area contributed by atoms with Crippen molar-refractivity contribution < 1.29 is 22.4 Å². The van der Waals surface area contributed by atoms with Gasteiger partial charge in [0.25, 0.3) is 11.7 Å². The van der Waals surface area contributed by atoms with Gasteiger partial charge in [-0.2, -0.15) is 4.39 Å². The number of rotatable bonds is 2. The molecule has 0 radical (unpaired) electrons. The van der Waals surface area contributed by atoms with Crippen LogP contribution in [0.4, 0.5) is 17.6 Å². The molecule has 0 aromatic carbocycles. The summed E-state index contributed by atoms with van der Waals surface area (Å²) in [6.07, 6.45) is -3.19. The molecule has 0 N–H and O–H groups in total. The van der Waals surface area contributed by atoms with Crippen LogP contribution in [0.1, 0.15) is 22.5 Å². The second-order valence-corrected chi connectivity index (χ2v) is 2.61. The lowest BCUT2D eigenvalue weighted by Gasteiger charge is -2.03. The Morgan fingerprint density at radius 2 is 2.00 bits per heavy atom. The Balaban J connectivity index is 3.39. The molecule has 0 aliphatic carbocycles. The second kappa shape index (κ2) is 3.91. The van der Waals surface area contributed by atoms with Crippen molar-refractivity contribution >= 4 is 16.8 Å². The van der Waals surface area contributed by atoms with Crippen LogP contribution in [-0.4, -0.2) is 10.2 Å². The monoisotopic (exact) mass is 227 g/mol. The average molecular weight is 228 g/mol. The third-order valence-electron chi connectivity index (χ3n) is 1.38. The number of nitrogens with zero attached hydrogens (tertiary/aromatic N) is 1. The number of hydrogen-bond donors (Lipinski definition) is 0. The van der Waals surface area contributed by atoms with Crippen LogP contribution in [0.5, 0.6) is 0 Å². The third-order valence-corrected chi connectivity index (χ3v) is 1.58. The lowest BCUT2D eigenvalue weighted by Crippen LogP contribution is -2.05. The van der Waals surface area contributed by atoms with Crippen molar-refractivity contribution in [3.8, 4) is 0 Å². The van der Waals surface area contributed by atoms with E-state index in [-0.39, 0.29) is 0 Å². The van der Waals surface area contributed by atoms with Crippen LogP contribution in [0.25, 0.3) is 0 Å². The fraction of sp³-hybridized carbons (Fsp3) is 0.143. The Kier molecular flexibility index (Phi) is 3.05. The fourth-order valence-corrected chi connectivity index (χ4v) is 0.955. The molecule has 2 nitrogen and oxygen atoms in total. The van der Waals surface area contributed by atoms with E-state index in [0.717, 1.165) is 0 Å². The summed E-state index contributed by atoms with van der Waals surface area (Å²) in [6, 6.07) is 0.291. The molecule has 0 aliphatic heterocycles. The van der Waals surface area contributed by atoms with E-state index >= 15 is 0 Å². The Bertz CT molecular complexity index is 382. The van der Waals surface area contributed by atoms with Crippen LogP contribution in [0.3, 0.4) is 0 Å². The summed E-state index contributed by atoms with van der Waals surface area (Å²) in [5.41, 5.74) is -2.00. The highest BCUT2D eigenvalue weighted by atomic mass is 35.5. The van der Waals surface area contributed by atoms with E-state index in [9.17, 15) is 22.4 Å². The second-order valence-electron chi connectivity index (χ2n) is 2.27. The molecule has 0 fully saturated rings. The first-order chi connectivity index (χ1) is 6.43. The lowest BCUT2D eigenvalue weighted by atomic mass is 10.2.